The van der Waals surface area contributed by atoms with Crippen LogP contribution in [0, 0.1) is 5.41 Å². The summed E-state index contributed by atoms with van der Waals surface area (Å²) in [5, 5.41) is 7.53. The summed E-state index contributed by atoms with van der Waals surface area (Å²) in [4.78, 5) is 11.7. The first-order chi connectivity index (χ1) is 11.9. The van der Waals surface area contributed by atoms with Gasteiger partial charge >= 0.3 is 0 Å². The summed E-state index contributed by atoms with van der Waals surface area (Å²) in [7, 11) is 0. The highest BCUT2D eigenvalue weighted by Gasteiger charge is 2.39. The van der Waals surface area contributed by atoms with Gasteiger partial charge in [0.2, 0.25) is 5.89 Å². The highest BCUT2D eigenvalue weighted by atomic mass is 16.5. The van der Waals surface area contributed by atoms with E-state index in [4.69, 9.17) is 9.52 Å². The topological polar surface area (TPSA) is 66.5 Å². The molecule has 3 rings (SSSR count). The van der Waals surface area contributed by atoms with Crippen LogP contribution in [0.3, 0.4) is 0 Å². The van der Waals surface area contributed by atoms with Crippen molar-refractivity contribution in [1.82, 2.24) is 20.4 Å². The predicted molar refractivity (Wildman–Crippen MR) is 99.5 cm³/mol. The number of nitrogens with zero attached hydrogens (tertiary/aromatic N) is 4. The van der Waals surface area contributed by atoms with Crippen molar-refractivity contribution in [1.29, 1.82) is 0 Å². The van der Waals surface area contributed by atoms with E-state index in [2.05, 4.69) is 48.1 Å². The number of hydrogen-bond acceptors (Lipinski definition) is 4. The van der Waals surface area contributed by atoms with Gasteiger partial charge in [-0.05, 0) is 31.6 Å². The van der Waals surface area contributed by atoms with Gasteiger partial charge in [-0.15, -0.1) is 0 Å². The van der Waals surface area contributed by atoms with Crippen molar-refractivity contribution in [3.05, 3.63) is 11.7 Å². The fourth-order valence-corrected chi connectivity index (χ4v) is 4.02. The molecule has 1 aliphatic heterocycles. The van der Waals surface area contributed by atoms with Gasteiger partial charge in [0.25, 0.3) is 0 Å². The molecule has 1 aromatic rings. The van der Waals surface area contributed by atoms with Crippen LogP contribution >= 0.6 is 0 Å². The first-order valence-electron chi connectivity index (χ1n) is 9.78. The summed E-state index contributed by atoms with van der Waals surface area (Å²) in [5.74, 6) is 2.32. The van der Waals surface area contributed by atoms with Gasteiger partial charge in [0, 0.05) is 25.0 Å². The van der Waals surface area contributed by atoms with Crippen molar-refractivity contribution in [3.63, 3.8) is 0 Å². The summed E-state index contributed by atoms with van der Waals surface area (Å²) < 4.78 is 5.37. The largest absolute Gasteiger partial charge is 0.357 e. The molecule has 1 spiro atoms. The third-order valence-corrected chi connectivity index (χ3v) is 5.47. The number of guanidine groups is 1. The smallest absolute Gasteiger partial charge is 0.232 e. The maximum absolute atomic E-state index is 5.37. The van der Waals surface area contributed by atoms with E-state index in [0.29, 0.717) is 23.7 Å². The summed E-state index contributed by atoms with van der Waals surface area (Å²) in [6, 6.07) is 0. The van der Waals surface area contributed by atoms with Gasteiger partial charge in [-0.2, -0.15) is 4.98 Å². The van der Waals surface area contributed by atoms with Gasteiger partial charge in [-0.1, -0.05) is 45.2 Å². The standard InChI is InChI=1S/C19H33N5O/c1-5-20-17(21-13-15-22-16(25-23-15)18(2,3)4)24-12-11-19(14-24)9-7-6-8-10-19/h5-14H2,1-4H3,(H,20,21). The Balaban J connectivity index is 1.66. The molecule has 1 saturated carbocycles. The van der Waals surface area contributed by atoms with Gasteiger partial charge in [-0.3, -0.25) is 0 Å². The summed E-state index contributed by atoms with van der Waals surface area (Å²) in [6.45, 7) is 11.9. The lowest BCUT2D eigenvalue weighted by molar-refractivity contribution is 0.203. The van der Waals surface area contributed by atoms with Gasteiger partial charge < -0.3 is 14.7 Å². The number of aromatic nitrogens is 2. The zero-order chi connectivity index (χ0) is 17.9. The third kappa shape index (κ3) is 4.33. The van der Waals surface area contributed by atoms with Gasteiger partial charge in [0.1, 0.15) is 6.54 Å². The first-order valence-corrected chi connectivity index (χ1v) is 9.78. The Bertz CT molecular complexity index is 595. The van der Waals surface area contributed by atoms with E-state index in [0.717, 1.165) is 25.6 Å². The maximum atomic E-state index is 5.37. The molecule has 0 bridgehead atoms. The van der Waals surface area contributed by atoms with Gasteiger partial charge in [-0.25, -0.2) is 4.99 Å². The quantitative estimate of drug-likeness (QED) is 0.670. The molecular weight excluding hydrogens is 314 g/mol. The minimum Gasteiger partial charge on any atom is -0.357 e. The zero-order valence-corrected chi connectivity index (χ0v) is 16.3. The van der Waals surface area contributed by atoms with Crippen LogP contribution < -0.4 is 5.32 Å². The molecule has 0 atom stereocenters. The Morgan fingerprint density at radius 3 is 2.64 bits per heavy atom. The second kappa shape index (κ2) is 7.34. The van der Waals surface area contributed by atoms with Crippen LogP contribution in [0.25, 0.3) is 0 Å². The molecule has 1 saturated heterocycles. The van der Waals surface area contributed by atoms with E-state index < -0.39 is 0 Å². The van der Waals surface area contributed by atoms with Crippen LogP contribution in [0.2, 0.25) is 0 Å². The molecule has 6 heteroatoms. The minimum atomic E-state index is -0.123. The highest BCUT2D eigenvalue weighted by Crippen LogP contribution is 2.43. The molecule has 2 fully saturated rings. The van der Waals surface area contributed by atoms with E-state index in [1.54, 1.807) is 0 Å². The normalized spacial score (nSPS) is 21.1. The van der Waals surface area contributed by atoms with Crippen molar-refractivity contribution in [2.75, 3.05) is 19.6 Å². The van der Waals surface area contributed by atoms with Crippen molar-refractivity contribution >= 4 is 5.96 Å². The van der Waals surface area contributed by atoms with Crippen LogP contribution in [0.5, 0.6) is 0 Å². The molecule has 1 N–H and O–H groups in total. The van der Waals surface area contributed by atoms with Crippen LogP contribution in [-0.2, 0) is 12.0 Å². The van der Waals surface area contributed by atoms with Crippen molar-refractivity contribution < 1.29 is 4.52 Å². The van der Waals surface area contributed by atoms with Crippen molar-refractivity contribution in [2.45, 2.75) is 78.2 Å². The van der Waals surface area contributed by atoms with Gasteiger partial charge in [0.05, 0.1) is 0 Å². The molecule has 140 valence electrons. The summed E-state index contributed by atoms with van der Waals surface area (Å²) in [6.07, 6.45) is 8.24. The predicted octanol–water partition coefficient (Wildman–Crippen LogP) is 3.49. The fourth-order valence-electron chi connectivity index (χ4n) is 4.02. The lowest BCUT2D eigenvalue weighted by Crippen LogP contribution is -2.41. The molecule has 2 heterocycles. The number of aliphatic imine (C=N–C) groups is 1. The van der Waals surface area contributed by atoms with Crippen LogP contribution in [0.15, 0.2) is 9.52 Å². The van der Waals surface area contributed by atoms with Crippen LogP contribution in [0.1, 0.15) is 77.9 Å². The van der Waals surface area contributed by atoms with E-state index in [-0.39, 0.29) is 5.41 Å². The summed E-state index contributed by atoms with van der Waals surface area (Å²) >= 11 is 0. The Morgan fingerprint density at radius 1 is 1.24 bits per heavy atom. The molecule has 0 unspecified atom stereocenters. The van der Waals surface area contributed by atoms with Crippen LogP contribution in [-0.4, -0.2) is 40.6 Å². The molecule has 1 aliphatic carbocycles. The summed E-state index contributed by atoms with van der Waals surface area (Å²) in [5.41, 5.74) is 0.405. The SMILES string of the molecule is CCNC(=NCc1noc(C(C)(C)C)n1)N1CCC2(CCCCC2)C1. The van der Waals surface area contributed by atoms with E-state index in [9.17, 15) is 0 Å². The first kappa shape index (κ1) is 18.2. The average molecular weight is 348 g/mol. The number of rotatable bonds is 3. The number of nitrogens with one attached hydrogen (secondary N) is 1. The maximum Gasteiger partial charge on any atom is 0.232 e. The molecule has 0 amide bonds. The molecule has 25 heavy (non-hydrogen) atoms. The molecule has 0 radical (unpaired) electrons. The zero-order valence-electron chi connectivity index (χ0n) is 16.3. The fraction of sp³-hybridized carbons (Fsp3) is 0.842. The molecule has 1 aromatic heterocycles. The Morgan fingerprint density at radius 2 is 2.00 bits per heavy atom. The molecular formula is C19H33N5O. The Hall–Kier alpha value is -1.59. The van der Waals surface area contributed by atoms with Crippen molar-refractivity contribution in [3.8, 4) is 0 Å². The van der Waals surface area contributed by atoms with Gasteiger partial charge in [0.15, 0.2) is 11.8 Å². The molecule has 6 nitrogen and oxygen atoms in total. The monoisotopic (exact) mass is 347 g/mol. The number of likely N-dealkylation sites (tertiary alicyclic amines) is 1. The number of hydrogen-bond donors (Lipinski definition) is 1. The molecule has 0 aromatic carbocycles. The minimum absolute atomic E-state index is 0.123. The lowest BCUT2D eigenvalue weighted by Gasteiger charge is -2.33. The van der Waals surface area contributed by atoms with E-state index in [1.165, 1.54) is 38.5 Å². The Labute approximate surface area is 151 Å². The van der Waals surface area contributed by atoms with Crippen LogP contribution in [0.4, 0.5) is 0 Å². The average Bonchev–Trinajstić information content (AvgIpc) is 3.20. The van der Waals surface area contributed by atoms with E-state index in [1.807, 2.05) is 0 Å². The second-order valence-corrected chi connectivity index (χ2v) is 8.67. The van der Waals surface area contributed by atoms with E-state index >= 15 is 0 Å². The Kier molecular flexibility index (Phi) is 5.35. The van der Waals surface area contributed by atoms with Crippen molar-refractivity contribution in [2.24, 2.45) is 10.4 Å². The molecule has 2 aliphatic rings. The lowest BCUT2D eigenvalue weighted by atomic mass is 9.73. The highest BCUT2D eigenvalue weighted by molar-refractivity contribution is 5.80. The second-order valence-electron chi connectivity index (χ2n) is 8.67. The third-order valence-electron chi connectivity index (χ3n) is 5.47.